The number of hydrogen-bond donors (Lipinski definition) is 17. The Hall–Kier alpha value is -2.48. The monoisotopic (exact) mass is 918 g/mol. The predicted molar refractivity (Wildman–Crippen MR) is 187 cm³/mol. The van der Waals surface area contributed by atoms with Crippen LogP contribution in [0.25, 0.3) is 0 Å². The Labute approximate surface area is 345 Å². The number of aliphatic hydroxyl groups is 13. The Morgan fingerprint density at radius 1 is 0.754 bits per heavy atom. The molecule has 0 aliphatic carbocycles. The van der Waals surface area contributed by atoms with Crippen LogP contribution in [0.3, 0.4) is 0 Å². The molecule has 61 heavy (non-hydrogen) atoms. The summed E-state index contributed by atoms with van der Waals surface area (Å²) in [5, 5.41) is 149. The zero-order valence-electron chi connectivity index (χ0n) is 32.2. The largest absolute Gasteiger partial charge is 0.477 e. The van der Waals surface area contributed by atoms with E-state index in [-0.39, 0.29) is 0 Å². The summed E-state index contributed by atoms with van der Waals surface area (Å²) in [5.74, 6) is -6.71. The maximum absolute atomic E-state index is 12.6. The summed E-state index contributed by atoms with van der Waals surface area (Å²) in [6, 6.07) is -3.49. The van der Waals surface area contributed by atoms with Gasteiger partial charge in [0.05, 0.1) is 45.2 Å². The summed E-state index contributed by atoms with van der Waals surface area (Å²) in [7, 11) is -5.32. The van der Waals surface area contributed by atoms with Gasteiger partial charge in [-0.25, -0.2) is 8.98 Å². The van der Waals surface area contributed by atoms with E-state index in [4.69, 9.17) is 28.4 Å². The molecule has 2 amide bonds. The smallest absolute Gasteiger partial charge is 0.397 e. The van der Waals surface area contributed by atoms with E-state index in [0.717, 1.165) is 13.8 Å². The lowest BCUT2D eigenvalue weighted by atomic mass is 9.88. The van der Waals surface area contributed by atoms with Gasteiger partial charge in [-0.3, -0.25) is 14.1 Å². The molecule has 0 radical (unpaired) electrons. The van der Waals surface area contributed by atoms with Gasteiger partial charge in [0, 0.05) is 20.3 Å². The Morgan fingerprint density at radius 2 is 1.31 bits per heavy atom. The number of rotatable bonds is 21. The fourth-order valence-electron chi connectivity index (χ4n) is 6.68. The number of carboxylic acids is 1. The van der Waals surface area contributed by atoms with E-state index in [1.807, 2.05) is 0 Å². The van der Waals surface area contributed by atoms with Gasteiger partial charge in [-0.1, -0.05) is 0 Å². The standard InChI is InChI=1S/C31H54N2O27S/c1-9(37)32-17-11(39)3-31(30(49)50,60-27(17)20(44)13(41)5-35)54-7-15-21(45)23(47)24(48)29(56-15)59-26-16(8-55-61(51,52)53)57-28(18(22(26)46)33-10(2)38)58-25(14(42)6-36)19(43)12(40)4-34/h11-29,34-36,39-48H,3-8H2,1-2H3,(H,32,37)(H,33,38)(H,49,50)(H,51,52,53)/t11-,12+,13+,14-,15+,16+,17+,18+,19-,20+,21-,22+,23-,24+,25+,26+,27+,28-,29-,31+/m0/s1. The number of amides is 2. The second kappa shape index (κ2) is 22.4. The number of carbonyl (C=O) groups is 3. The van der Waals surface area contributed by atoms with Gasteiger partial charge in [-0.2, -0.15) is 8.42 Å². The van der Waals surface area contributed by atoms with Gasteiger partial charge < -0.3 is 111 Å². The van der Waals surface area contributed by atoms with E-state index in [9.17, 15) is 98.8 Å². The van der Waals surface area contributed by atoms with Crippen LogP contribution in [0.4, 0.5) is 0 Å². The number of aliphatic hydroxyl groups excluding tert-OH is 13. The van der Waals surface area contributed by atoms with E-state index < -0.39 is 190 Å². The van der Waals surface area contributed by atoms with Crippen LogP contribution in [-0.2, 0) is 57.4 Å². The fraction of sp³-hybridized carbons (Fsp3) is 0.903. The molecule has 17 N–H and O–H groups in total. The number of carbonyl (C=O) groups excluding carboxylic acids is 2. The molecule has 0 aromatic heterocycles. The van der Waals surface area contributed by atoms with Crippen molar-refractivity contribution in [3.63, 3.8) is 0 Å². The van der Waals surface area contributed by atoms with E-state index in [1.54, 1.807) is 0 Å². The molecule has 29 nitrogen and oxygen atoms in total. The van der Waals surface area contributed by atoms with Gasteiger partial charge in [0.2, 0.25) is 11.8 Å². The number of hydrogen-bond acceptors (Lipinski definition) is 25. The third-order valence-corrected chi connectivity index (χ3v) is 10.3. The van der Waals surface area contributed by atoms with Crippen LogP contribution in [0.1, 0.15) is 20.3 Å². The summed E-state index contributed by atoms with van der Waals surface area (Å²) < 4.78 is 70.2. The quantitative estimate of drug-likeness (QED) is 0.0475. The first-order valence-electron chi connectivity index (χ1n) is 18.3. The van der Waals surface area contributed by atoms with Crippen molar-refractivity contribution >= 4 is 28.2 Å². The van der Waals surface area contributed by atoms with E-state index in [0.29, 0.717) is 0 Å². The molecule has 20 atom stereocenters. The van der Waals surface area contributed by atoms with Crippen LogP contribution in [0, 0.1) is 0 Å². The fourth-order valence-corrected chi connectivity index (χ4v) is 6.99. The first-order chi connectivity index (χ1) is 28.3. The van der Waals surface area contributed by atoms with Crippen molar-refractivity contribution in [1.82, 2.24) is 10.6 Å². The second-order valence-electron chi connectivity index (χ2n) is 14.4. The Bertz CT molecular complexity index is 1550. The molecule has 0 spiro atoms. The highest BCUT2D eigenvalue weighted by Crippen LogP contribution is 2.36. The average Bonchev–Trinajstić information content (AvgIpc) is 3.19. The van der Waals surface area contributed by atoms with Crippen molar-refractivity contribution in [2.75, 3.05) is 33.0 Å². The molecule has 3 rings (SSSR count). The molecule has 0 bridgehead atoms. The molecule has 3 aliphatic heterocycles. The zero-order chi connectivity index (χ0) is 46.3. The first kappa shape index (κ1) is 52.9. The number of carboxylic acid groups (broad SMARTS) is 1. The van der Waals surface area contributed by atoms with Crippen molar-refractivity contribution < 1.29 is 131 Å². The minimum absolute atomic E-state index is 0.794. The van der Waals surface area contributed by atoms with Gasteiger partial charge in [-0.15, -0.1) is 0 Å². The van der Waals surface area contributed by atoms with Crippen LogP contribution in [0.2, 0.25) is 0 Å². The van der Waals surface area contributed by atoms with Crippen LogP contribution in [0.5, 0.6) is 0 Å². The number of nitrogens with one attached hydrogen (secondary N) is 2. The van der Waals surface area contributed by atoms with E-state index in [2.05, 4.69) is 14.8 Å². The minimum Gasteiger partial charge on any atom is -0.477 e. The van der Waals surface area contributed by atoms with Crippen molar-refractivity contribution in [2.24, 2.45) is 0 Å². The van der Waals surface area contributed by atoms with E-state index in [1.165, 1.54) is 0 Å². The topological polar surface area (TPSA) is 477 Å². The van der Waals surface area contributed by atoms with Gasteiger partial charge in [0.25, 0.3) is 5.79 Å². The molecule has 0 aromatic carbocycles. The highest BCUT2D eigenvalue weighted by molar-refractivity contribution is 7.80. The lowest BCUT2D eigenvalue weighted by Gasteiger charge is -2.49. The van der Waals surface area contributed by atoms with Crippen molar-refractivity contribution in [2.45, 2.75) is 142 Å². The molecule has 3 heterocycles. The molecule has 3 aliphatic rings. The minimum atomic E-state index is -5.32. The number of aliphatic carboxylic acids is 1. The Balaban J connectivity index is 1.97. The van der Waals surface area contributed by atoms with Crippen molar-refractivity contribution in [1.29, 1.82) is 0 Å². The summed E-state index contributed by atoms with van der Waals surface area (Å²) in [6.45, 7) is -3.89. The molecule has 30 heteroatoms. The summed E-state index contributed by atoms with van der Waals surface area (Å²) >= 11 is 0. The van der Waals surface area contributed by atoms with Gasteiger partial charge in [-0.05, 0) is 0 Å². The highest BCUT2D eigenvalue weighted by atomic mass is 32.3. The van der Waals surface area contributed by atoms with Gasteiger partial charge in [0.1, 0.15) is 91.5 Å². The summed E-state index contributed by atoms with van der Waals surface area (Å²) in [5.41, 5.74) is 0. The van der Waals surface area contributed by atoms with E-state index >= 15 is 0 Å². The molecule has 0 unspecified atom stereocenters. The third-order valence-electron chi connectivity index (χ3n) is 9.83. The van der Waals surface area contributed by atoms with Crippen LogP contribution >= 0.6 is 0 Å². The maximum atomic E-state index is 12.6. The van der Waals surface area contributed by atoms with Gasteiger partial charge in [0.15, 0.2) is 12.6 Å². The number of ether oxygens (including phenoxy) is 6. The highest BCUT2D eigenvalue weighted by Gasteiger charge is 2.58. The molecular formula is C31H54N2O27S. The summed E-state index contributed by atoms with van der Waals surface area (Å²) in [6.07, 6.45) is -36.9. The lowest BCUT2D eigenvalue weighted by molar-refractivity contribution is -0.363. The second-order valence-corrected chi connectivity index (χ2v) is 15.5. The SMILES string of the molecule is CC(=O)N[C@H]1[C@H](O[C@@H]([C@@H](O)[C@H](O)CO)[C@@H](O)CO)O[C@H](COS(=O)(=O)O)[C@@H](O[C@@H]2O[C@H](CO[C@]3(C(=O)O)C[C@H](O)[C@@H](NC(C)=O)[C@H]([C@H](O)[C@H](O)CO)O3)[C@H](O)[C@H](O)[C@H]2O)[C@@H]1O. The Kier molecular flexibility index (Phi) is 19.4. The molecule has 0 saturated carbocycles. The van der Waals surface area contributed by atoms with Crippen molar-refractivity contribution in [3.8, 4) is 0 Å². The first-order valence-corrected chi connectivity index (χ1v) is 19.7. The normalized spacial score (nSPS) is 37.7. The Morgan fingerprint density at radius 3 is 1.84 bits per heavy atom. The van der Waals surface area contributed by atoms with Crippen LogP contribution < -0.4 is 10.6 Å². The average molecular weight is 919 g/mol. The molecule has 3 fully saturated rings. The maximum Gasteiger partial charge on any atom is 0.397 e. The van der Waals surface area contributed by atoms with Crippen LogP contribution in [-0.4, -0.2) is 257 Å². The zero-order valence-corrected chi connectivity index (χ0v) is 33.0. The molecule has 356 valence electrons. The molecule has 0 aromatic rings. The lowest BCUT2D eigenvalue weighted by Crippen LogP contribution is -2.69. The van der Waals surface area contributed by atoms with Crippen LogP contribution in [0.15, 0.2) is 0 Å². The van der Waals surface area contributed by atoms with Crippen molar-refractivity contribution in [3.05, 3.63) is 0 Å². The summed E-state index contributed by atoms with van der Waals surface area (Å²) in [4.78, 5) is 36.7. The molecular weight excluding hydrogens is 864 g/mol. The van der Waals surface area contributed by atoms with Gasteiger partial charge >= 0.3 is 16.4 Å². The molecule has 3 saturated heterocycles. The third kappa shape index (κ3) is 13.3. The predicted octanol–water partition coefficient (Wildman–Crippen LogP) is -10.8.